The van der Waals surface area contributed by atoms with Gasteiger partial charge in [0.1, 0.15) is 11.1 Å². The Labute approximate surface area is 116 Å². The van der Waals surface area contributed by atoms with Gasteiger partial charge in [-0.1, -0.05) is 29.4 Å². The standard InChI is InChI=1S/C14H11ClN2S/c1-9-6-10(2)17-14(13(9)8-16)18-12-5-3-4-11(15)7-12/h3-7H,1-2H3. The number of aromatic nitrogens is 1. The first-order valence-corrected chi connectivity index (χ1v) is 6.61. The van der Waals surface area contributed by atoms with Crippen LogP contribution in [0.4, 0.5) is 0 Å². The molecule has 0 N–H and O–H groups in total. The third kappa shape index (κ3) is 2.84. The molecular formula is C14H11ClN2S. The summed E-state index contributed by atoms with van der Waals surface area (Å²) < 4.78 is 0. The Morgan fingerprint density at radius 1 is 1.28 bits per heavy atom. The molecular weight excluding hydrogens is 264 g/mol. The van der Waals surface area contributed by atoms with Crippen molar-refractivity contribution in [2.75, 3.05) is 0 Å². The number of aryl methyl sites for hydroxylation is 2. The van der Waals surface area contributed by atoms with E-state index in [-0.39, 0.29) is 0 Å². The van der Waals surface area contributed by atoms with Crippen LogP contribution in [0.3, 0.4) is 0 Å². The van der Waals surface area contributed by atoms with Gasteiger partial charge in [0, 0.05) is 15.6 Å². The van der Waals surface area contributed by atoms with Gasteiger partial charge in [0.25, 0.3) is 0 Å². The lowest BCUT2D eigenvalue weighted by atomic mass is 10.1. The van der Waals surface area contributed by atoms with Gasteiger partial charge < -0.3 is 0 Å². The maximum atomic E-state index is 9.19. The fraction of sp³-hybridized carbons (Fsp3) is 0.143. The third-order valence-corrected chi connectivity index (χ3v) is 3.65. The van der Waals surface area contributed by atoms with E-state index in [1.54, 1.807) is 0 Å². The van der Waals surface area contributed by atoms with Crippen LogP contribution in [0.15, 0.2) is 40.3 Å². The van der Waals surface area contributed by atoms with Gasteiger partial charge in [-0.25, -0.2) is 4.98 Å². The van der Waals surface area contributed by atoms with Crippen LogP contribution in [0.25, 0.3) is 0 Å². The molecule has 0 saturated heterocycles. The zero-order chi connectivity index (χ0) is 13.1. The van der Waals surface area contributed by atoms with Crippen molar-refractivity contribution in [3.05, 3.63) is 52.2 Å². The van der Waals surface area contributed by atoms with Gasteiger partial charge in [-0.3, -0.25) is 0 Å². The summed E-state index contributed by atoms with van der Waals surface area (Å²) in [6.07, 6.45) is 0. The molecule has 0 atom stereocenters. The van der Waals surface area contributed by atoms with E-state index in [2.05, 4.69) is 11.1 Å². The van der Waals surface area contributed by atoms with Crippen LogP contribution in [0.1, 0.15) is 16.8 Å². The van der Waals surface area contributed by atoms with Crippen molar-refractivity contribution in [1.82, 2.24) is 4.98 Å². The SMILES string of the molecule is Cc1cc(C)c(C#N)c(Sc2cccc(Cl)c2)n1. The molecule has 90 valence electrons. The molecule has 2 nitrogen and oxygen atoms in total. The molecule has 2 rings (SSSR count). The highest BCUT2D eigenvalue weighted by Gasteiger charge is 2.10. The average Bonchev–Trinajstić information content (AvgIpc) is 2.28. The summed E-state index contributed by atoms with van der Waals surface area (Å²) in [5.41, 5.74) is 2.50. The zero-order valence-electron chi connectivity index (χ0n) is 10.1. The van der Waals surface area contributed by atoms with E-state index in [0.29, 0.717) is 10.6 Å². The molecule has 1 aromatic heterocycles. The number of hydrogen-bond donors (Lipinski definition) is 0. The molecule has 18 heavy (non-hydrogen) atoms. The van der Waals surface area contributed by atoms with Gasteiger partial charge in [0.15, 0.2) is 0 Å². The summed E-state index contributed by atoms with van der Waals surface area (Å²) in [6, 6.07) is 11.7. The number of nitrogens with zero attached hydrogens (tertiary/aromatic N) is 2. The van der Waals surface area contributed by atoms with Gasteiger partial charge in [-0.15, -0.1) is 0 Å². The highest BCUT2D eigenvalue weighted by atomic mass is 35.5. The highest BCUT2D eigenvalue weighted by molar-refractivity contribution is 7.99. The van der Waals surface area contributed by atoms with Crippen LogP contribution >= 0.6 is 23.4 Å². The molecule has 4 heteroatoms. The van der Waals surface area contributed by atoms with Crippen LogP contribution in [0, 0.1) is 25.2 Å². The Morgan fingerprint density at radius 3 is 2.72 bits per heavy atom. The molecule has 1 heterocycles. The van der Waals surface area contributed by atoms with Crippen molar-refractivity contribution in [2.45, 2.75) is 23.8 Å². The first kappa shape index (κ1) is 12.9. The molecule has 1 aromatic carbocycles. The van der Waals surface area contributed by atoms with Crippen molar-refractivity contribution in [3.63, 3.8) is 0 Å². The highest BCUT2D eigenvalue weighted by Crippen LogP contribution is 2.31. The molecule has 0 fully saturated rings. The maximum absolute atomic E-state index is 9.19. The predicted octanol–water partition coefficient (Wildman–Crippen LogP) is 4.37. The van der Waals surface area contributed by atoms with Crippen LogP contribution in [-0.2, 0) is 0 Å². The molecule has 0 spiro atoms. The van der Waals surface area contributed by atoms with Crippen molar-refractivity contribution in [2.24, 2.45) is 0 Å². The van der Waals surface area contributed by atoms with Crippen LogP contribution in [-0.4, -0.2) is 4.98 Å². The number of benzene rings is 1. The monoisotopic (exact) mass is 274 g/mol. The number of hydrogen-bond acceptors (Lipinski definition) is 3. The Hall–Kier alpha value is -1.50. The van der Waals surface area contributed by atoms with Gasteiger partial charge in [0.05, 0.1) is 5.56 Å². The molecule has 0 unspecified atom stereocenters. The zero-order valence-corrected chi connectivity index (χ0v) is 11.6. The first-order valence-electron chi connectivity index (χ1n) is 5.42. The Morgan fingerprint density at radius 2 is 2.06 bits per heavy atom. The lowest BCUT2D eigenvalue weighted by Gasteiger charge is -2.07. The summed E-state index contributed by atoms with van der Waals surface area (Å²) in [5.74, 6) is 0. The second-order valence-corrected chi connectivity index (χ2v) is 5.43. The topological polar surface area (TPSA) is 36.7 Å². The number of pyridine rings is 1. The number of nitriles is 1. The number of rotatable bonds is 2. The predicted molar refractivity (Wildman–Crippen MR) is 74.0 cm³/mol. The van der Waals surface area contributed by atoms with E-state index >= 15 is 0 Å². The minimum Gasteiger partial charge on any atom is -0.245 e. The summed E-state index contributed by atoms with van der Waals surface area (Å²) in [7, 11) is 0. The van der Waals surface area contributed by atoms with Crippen LogP contribution in [0.5, 0.6) is 0 Å². The quantitative estimate of drug-likeness (QED) is 0.816. The van der Waals surface area contributed by atoms with Crippen molar-refractivity contribution in [1.29, 1.82) is 5.26 Å². The molecule has 0 amide bonds. The summed E-state index contributed by atoms with van der Waals surface area (Å²) >= 11 is 7.41. The van der Waals surface area contributed by atoms with Gasteiger partial charge in [-0.2, -0.15) is 5.26 Å². The lowest BCUT2D eigenvalue weighted by Crippen LogP contribution is -1.93. The Kier molecular flexibility index (Phi) is 3.90. The Bertz CT molecular complexity index is 632. The number of halogens is 1. The fourth-order valence-electron chi connectivity index (χ4n) is 1.65. The van der Waals surface area contributed by atoms with Gasteiger partial charge in [0.2, 0.25) is 0 Å². The van der Waals surface area contributed by atoms with Gasteiger partial charge >= 0.3 is 0 Å². The van der Waals surface area contributed by atoms with E-state index in [9.17, 15) is 5.26 Å². The van der Waals surface area contributed by atoms with Crippen LogP contribution < -0.4 is 0 Å². The van der Waals surface area contributed by atoms with Crippen molar-refractivity contribution >= 4 is 23.4 Å². The minimum atomic E-state index is 0.630. The molecule has 0 saturated carbocycles. The summed E-state index contributed by atoms with van der Waals surface area (Å²) in [6.45, 7) is 3.85. The normalized spacial score (nSPS) is 10.1. The molecule has 0 aliphatic heterocycles. The average molecular weight is 275 g/mol. The molecule has 0 aliphatic rings. The Balaban J connectivity index is 2.43. The second-order valence-electron chi connectivity index (χ2n) is 3.93. The summed E-state index contributed by atoms with van der Waals surface area (Å²) in [4.78, 5) is 5.41. The van der Waals surface area contributed by atoms with E-state index < -0.39 is 0 Å². The van der Waals surface area contributed by atoms with Crippen molar-refractivity contribution in [3.8, 4) is 6.07 Å². The molecule has 2 aromatic rings. The van der Waals surface area contributed by atoms with E-state index in [0.717, 1.165) is 21.2 Å². The molecule has 0 radical (unpaired) electrons. The molecule has 0 bridgehead atoms. The van der Waals surface area contributed by atoms with Gasteiger partial charge in [-0.05, 0) is 43.7 Å². The first-order chi connectivity index (χ1) is 8.60. The second kappa shape index (κ2) is 5.43. The molecule has 0 aliphatic carbocycles. The van der Waals surface area contributed by atoms with E-state index in [4.69, 9.17) is 11.6 Å². The maximum Gasteiger partial charge on any atom is 0.119 e. The minimum absolute atomic E-state index is 0.630. The third-order valence-electron chi connectivity index (χ3n) is 2.43. The largest absolute Gasteiger partial charge is 0.245 e. The smallest absolute Gasteiger partial charge is 0.119 e. The lowest BCUT2D eigenvalue weighted by molar-refractivity contribution is 1.03. The summed E-state index contributed by atoms with van der Waals surface area (Å²) in [5, 5.41) is 10.6. The van der Waals surface area contributed by atoms with Crippen LogP contribution in [0.2, 0.25) is 5.02 Å². The van der Waals surface area contributed by atoms with E-state index in [1.807, 2.05) is 44.2 Å². The fourth-order valence-corrected chi connectivity index (χ4v) is 2.96. The van der Waals surface area contributed by atoms with Crippen molar-refractivity contribution < 1.29 is 0 Å². The van der Waals surface area contributed by atoms with E-state index in [1.165, 1.54) is 11.8 Å².